The maximum Gasteiger partial charge on any atom is 0.191 e. The Kier molecular flexibility index (Phi) is 5.89. The number of hydrogen-bond acceptors (Lipinski definition) is 2. The molecule has 0 aliphatic heterocycles. The fraction of sp³-hybridized carbons (Fsp3) is 0.353. The fourth-order valence-electron chi connectivity index (χ4n) is 2.17. The average Bonchev–Trinajstić information content (AvgIpc) is 3.04. The van der Waals surface area contributed by atoms with E-state index >= 15 is 0 Å². The van der Waals surface area contributed by atoms with E-state index in [9.17, 15) is 0 Å². The van der Waals surface area contributed by atoms with Gasteiger partial charge in [0.2, 0.25) is 0 Å². The Labute approximate surface area is 132 Å². The molecule has 0 fully saturated rings. The molecule has 1 aromatic carbocycles. The molecule has 2 N–H and O–H groups in total. The van der Waals surface area contributed by atoms with Gasteiger partial charge in [-0.25, -0.2) is 0 Å². The van der Waals surface area contributed by atoms with E-state index in [1.165, 1.54) is 11.3 Å². The van der Waals surface area contributed by atoms with E-state index in [-0.39, 0.29) is 0 Å². The Bertz CT molecular complexity index is 587. The number of anilines is 1. The van der Waals surface area contributed by atoms with E-state index in [0.717, 1.165) is 25.6 Å². The van der Waals surface area contributed by atoms with Crippen molar-refractivity contribution in [3.8, 4) is 0 Å². The van der Waals surface area contributed by atoms with Crippen LogP contribution >= 0.6 is 0 Å². The Morgan fingerprint density at radius 3 is 2.59 bits per heavy atom. The van der Waals surface area contributed by atoms with Crippen molar-refractivity contribution in [2.45, 2.75) is 13.1 Å². The molecule has 5 nitrogen and oxygen atoms in total. The second-order valence-corrected chi connectivity index (χ2v) is 5.34. The maximum atomic E-state index is 4.25. The van der Waals surface area contributed by atoms with Crippen molar-refractivity contribution in [3.05, 3.63) is 54.4 Å². The minimum absolute atomic E-state index is 0.755. The summed E-state index contributed by atoms with van der Waals surface area (Å²) in [6, 6.07) is 12.5. The van der Waals surface area contributed by atoms with Crippen LogP contribution in [0.1, 0.15) is 5.56 Å². The molecule has 0 saturated carbocycles. The van der Waals surface area contributed by atoms with Crippen molar-refractivity contribution in [1.29, 1.82) is 0 Å². The van der Waals surface area contributed by atoms with Crippen LogP contribution in [0.4, 0.5) is 5.69 Å². The van der Waals surface area contributed by atoms with Gasteiger partial charge in [0.25, 0.3) is 0 Å². The smallest absolute Gasteiger partial charge is 0.191 e. The van der Waals surface area contributed by atoms with Gasteiger partial charge >= 0.3 is 0 Å². The van der Waals surface area contributed by atoms with Gasteiger partial charge < -0.3 is 20.1 Å². The van der Waals surface area contributed by atoms with Crippen LogP contribution in [0.25, 0.3) is 0 Å². The number of hydrogen-bond donors (Lipinski definition) is 2. The zero-order chi connectivity index (χ0) is 15.8. The topological polar surface area (TPSA) is 44.6 Å². The lowest BCUT2D eigenvalue weighted by Crippen LogP contribution is -2.38. The Morgan fingerprint density at radius 2 is 1.91 bits per heavy atom. The van der Waals surface area contributed by atoms with Crippen molar-refractivity contribution >= 4 is 11.6 Å². The quantitative estimate of drug-likeness (QED) is 0.633. The minimum Gasteiger partial charge on any atom is -0.378 e. The van der Waals surface area contributed by atoms with E-state index in [2.05, 4.69) is 61.8 Å². The van der Waals surface area contributed by atoms with Crippen LogP contribution in [0, 0.1) is 0 Å². The normalized spacial score (nSPS) is 11.3. The highest BCUT2D eigenvalue weighted by Crippen LogP contribution is 2.12. The van der Waals surface area contributed by atoms with Crippen molar-refractivity contribution in [3.63, 3.8) is 0 Å². The van der Waals surface area contributed by atoms with Gasteiger partial charge in [-0.2, -0.15) is 0 Å². The van der Waals surface area contributed by atoms with E-state index < -0.39 is 0 Å². The molecule has 118 valence electrons. The summed E-state index contributed by atoms with van der Waals surface area (Å²) in [6.45, 7) is 2.51. The Hall–Kier alpha value is -2.43. The van der Waals surface area contributed by atoms with E-state index in [1.807, 2.05) is 26.2 Å². The highest BCUT2D eigenvalue weighted by molar-refractivity contribution is 5.79. The molecule has 0 amide bonds. The highest BCUT2D eigenvalue weighted by Gasteiger charge is 2.00. The van der Waals surface area contributed by atoms with E-state index in [1.54, 1.807) is 7.05 Å². The largest absolute Gasteiger partial charge is 0.378 e. The predicted octanol–water partition coefficient (Wildman–Crippen LogP) is 1.92. The summed E-state index contributed by atoms with van der Waals surface area (Å²) >= 11 is 0. The standard InChI is InChI=1S/C17H25N5/c1-18-17(19-9-12-22-10-4-5-11-22)20-14-15-7-6-8-16(13-15)21(2)3/h4-8,10-11,13H,9,12,14H2,1-3H3,(H2,18,19,20). The first-order valence-corrected chi connectivity index (χ1v) is 7.50. The second-order valence-electron chi connectivity index (χ2n) is 5.34. The minimum atomic E-state index is 0.755. The van der Waals surface area contributed by atoms with Gasteiger partial charge in [0.05, 0.1) is 0 Å². The number of nitrogens with one attached hydrogen (secondary N) is 2. The molecule has 0 unspecified atom stereocenters. The monoisotopic (exact) mass is 299 g/mol. The number of guanidine groups is 1. The van der Waals surface area contributed by atoms with Crippen LogP contribution in [0.5, 0.6) is 0 Å². The summed E-state index contributed by atoms with van der Waals surface area (Å²) in [4.78, 5) is 6.36. The molecule has 1 heterocycles. The molecule has 0 spiro atoms. The summed E-state index contributed by atoms with van der Waals surface area (Å²) in [5, 5.41) is 6.67. The molecular formula is C17H25N5. The summed E-state index contributed by atoms with van der Waals surface area (Å²) in [5.74, 6) is 0.822. The predicted molar refractivity (Wildman–Crippen MR) is 93.4 cm³/mol. The van der Waals surface area contributed by atoms with Gasteiger partial charge in [-0.3, -0.25) is 4.99 Å². The van der Waals surface area contributed by atoms with Gasteiger partial charge in [0.1, 0.15) is 0 Å². The van der Waals surface area contributed by atoms with Gasteiger partial charge in [-0.05, 0) is 29.8 Å². The molecule has 1 aromatic heterocycles. The lowest BCUT2D eigenvalue weighted by atomic mass is 10.2. The third-order valence-corrected chi connectivity index (χ3v) is 3.44. The summed E-state index contributed by atoms with van der Waals surface area (Å²) < 4.78 is 2.14. The molecule has 0 bridgehead atoms. The van der Waals surface area contributed by atoms with Gasteiger partial charge in [0, 0.05) is 58.9 Å². The molecule has 0 aliphatic rings. The molecule has 0 aliphatic carbocycles. The molecule has 0 radical (unpaired) electrons. The Balaban J connectivity index is 1.79. The number of aromatic nitrogens is 1. The van der Waals surface area contributed by atoms with Crippen molar-refractivity contribution in [2.24, 2.45) is 4.99 Å². The van der Waals surface area contributed by atoms with Gasteiger partial charge in [0.15, 0.2) is 5.96 Å². The van der Waals surface area contributed by atoms with E-state index in [4.69, 9.17) is 0 Å². The number of rotatable bonds is 6. The van der Waals surface area contributed by atoms with Crippen LogP contribution in [0.3, 0.4) is 0 Å². The summed E-state index contributed by atoms with van der Waals surface area (Å²) in [5.41, 5.74) is 2.44. The molecule has 5 heteroatoms. The SMILES string of the molecule is CN=C(NCCn1cccc1)NCc1cccc(N(C)C)c1. The van der Waals surface area contributed by atoms with E-state index in [0.29, 0.717) is 0 Å². The Morgan fingerprint density at radius 1 is 1.14 bits per heavy atom. The second kappa shape index (κ2) is 8.12. The number of aliphatic imine (C=N–C) groups is 1. The zero-order valence-electron chi connectivity index (χ0n) is 13.6. The van der Waals surface area contributed by atoms with Crippen LogP contribution in [-0.4, -0.2) is 38.2 Å². The molecule has 2 aromatic rings. The number of nitrogens with zero attached hydrogens (tertiary/aromatic N) is 3. The van der Waals surface area contributed by atoms with Crippen LogP contribution in [-0.2, 0) is 13.1 Å². The first-order valence-electron chi connectivity index (χ1n) is 7.50. The van der Waals surface area contributed by atoms with Crippen molar-refractivity contribution in [2.75, 3.05) is 32.6 Å². The average molecular weight is 299 g/mol. The number of benzene rings is 1. The lowest BCUT2D eigenvalue weighted by Gasteiger charge is -2.15. The van der Waals surface area contributed by atoms with Crippen molar-refractivity contribution in [1.82, 2.24) is 15.2 Å². The molecule has 0 saturated heterocycles. The van der Waals surface area contributed by atoms with Crippen molar-refractivity contribution < 1.29 is 0 Å². The van der Waals surface area contributed by atoms with Crippen LogP contribution in [0.2, 0.25) is 0 Å². The fourth-order valence-corrected chi connectivity index (χ4v) is 2.17. The van der Waals surface area contributed by atoms with Gasteiger partial charge in [-0.15, -0.1) is 0 Å². The first-order chi connectivity index (χ1) is 10.7. The highest BCUT2D eigenvalue weighted by atomic mass is 15.2. The first kappa shape index (κ1) is 15.9. The summed E-state index contributed by atoms with van der Waals surface area (Å²) in [7, 11) is 5.89. The molecule has 22 heavy (non-hydrogen) atoms. The summed E-state index contributed by atoms with van der Waals surface area (Å²) in [6.07, 6.45) is 4.12. The molecule has 0 atom stereocenters. The maximum absolute atomic E-state index is 4.25. The molecular weight excluding hydrogens is 274 g/mol. The van der Waals surface area contributed by atoms with Crippen LogP contribution in [0.15, 0.2) is 53.8 Å². The third-order valence-electron chi connectivity index (χ3n) is 3.44. The molecule has 2 rings (SSSR count). The third kappa shape index (κ3) is 4.84. The zero-order valence-corrected chi connectivity index (χ0v) is 13.6. The van der Waals surface area contributed by atoms with Crippen LogP contribution < -0.4 is 15.5 Å². The van der Waals surface area contributed by atoms with Gasteiger partial charge in [-0.1, -0.05) is 12.1 Å². The lowest BCUT2D eigenvalue weighted by molar-refractivity contribution is 0.665.